The summed E-state index contributed by atoms with van der Waals surface area (Å²) in [6, 6.07) is 2.15. The zero-order valence-electron chi connectivity index (χ0n) is 12.9. The Morgan fingerprint density at radius 1 is 1.11 bits per heavy atom. The summed E-state index contributed by atoms with van der Waals surface area (Å²) >= 11 is 0. The van der Waals surface area contributed by atoms with Gasteiger partial charge >= 0.3 is 7.12 Å². The first-order valence-electron chi connectivity index (χ1n) is 7.01. The van der Waals surface area contributed by atoms with E-state index < -0.39 is 0 Å². The topological polar surface area (TPSA) is 31.4 Å². The molecule has 0 saturated carbocycles. The number of hydrogen-bond acceptors (Lipinski definition) is 3. The summed E-state index contributed by atoms with van der Waals surface area (Å²) in [5.41, 5.74) is 1.65. The van der Waals surface area contributed by atoms with Crippen LogP contribution in [-0.4, -0.2) is 23.3 Å². The Hall–Kier alpha value is -0.865. The van der Waals surface area contributed by atoms with Crippen molar-refractivity contribution < 1.29 is 9.31 Å². The van der Waals surface area contributed by atoms with Gasteiger partial charge in [0, 0.05) is 17.9 Å². The molecular weight excluding hydrogens is 237 g/mol. The molecule has 3 nitrogen and oxygen atoms in total. The largest absolute Gasteiger partial charge is 0.496 e. The standard InChI is InChI=1S/C15H24BNO2/c1-11(2)7-12-8-13(10-17-9-12)16-18-14(3,4)15(5,6)19-16/h8-11H,7H2,1-6H3. The highest BCUT2D eigenvalue weighted by Gasteiger charge is 2.51. The lowest BCUT2D eigenvalue weighted by atomic mass is 9.79. The Morgan fingerprint density at radius 2 is 1.68 bits per heavy atom. The van der Waals surface area contributed by atoms with E-state index in [1.165, 1.54) is 5.56 Å². The van der Waals surface area contributed by atoms with Crippen LogP contribution in [0.3, 0.4) is 0 Å². The smallest absolute Gasteiger partial charge is 0.399 e. The van der Waals surface area contributed by atoms with Crippen LogP contribution in [0.4, 0.5) is 0 Å². The molecule has 0 radical (unpaired) electrons. The molecule has 104 valence electrons. The molecule has 0 spiro atoms. The fourth-order valence-electron chi connectivity index (χ4n) is 2.20. The lowest BCUT2D eigenvalue weighted by molar-refractivity contribution is 0.00578. The molecule has 0 N–H and O–H groups in total. The van der Waals surface area contributed by atoms with E-state index >= 15 is 0 Å². The van der Waals surface area contributed by atoms with Crippen LogP contribution < -0.4 is 5.46 Å². The molecule has 0 amide bonds. The molecule has 0 aliphatic carbocycles. The monoisotopic (exact) mass is 261 g/mol. The SMILES string of the molecule is CC(C)Cc1cncc(B2OC(C)(C)C(C)(C)O2)c1. The summed E-state index contributed by atoms with van der Waals surface area (Å²) in [4.78, 5) is 4.32. The highest BCUT2D eigenvalue weighted by molar-refractivity contribution is 6.62. The van der Waals surface area contributed by atoms with Crippen LogP contribution in [-0.2, 0) is 15.7 Å². The third kappa shape index (κ3) is 3.01. The fourth-order valence-corrected chi connectivity index (χ4v) is 2.20. The van der Waals surface area contributed by atoms with Gasteiger partial charge in [-0.25, -0.2) is 0 Å². The summed E-state index contributed by atoms with van der Waals surface area (Å²) in [6.45, 7) is 12.7. The Kier molecular flexibility index (Phi) is 3.76. The minimum absolute atomic E-state index is 0.300. The summed E-state index contributed by atoms with van der Waals surface area (Å²) in [5.74, 6) is 0.621. The predicted octanol–water partition coefficient (Wildman–Crippen LogP) is 2.58. The molecule has 1 saturated heterocycles. The zero-order valence-corrected chi connectivity index (χ0v) is 12.9. The first-order chi connectivity index (χ1) is 8.71. The van der Waals surface area contributed by atoms with Gasteiger partial charge in [0.15, 0.2) is 0 Å². The normalized spacial score (nSPS) is 21.1. The van der Waals surface area contributed by atoms with Crippen molar-refractivity contribution in [3.63, 3.8) is 0 Å². The van der Waals surface area contributed by atoms with E-state index in [0.29, 0.717) is 5.92 Å². The van der Waals surface area contributed by atoms with Gasteiger partial charge in [-0.1, -0.05) is 19.9 Å². The molecule has 4 heteroatoms. The fraction of sp³-hybridized carbons (Fsp3) is 0.667. The van der Waals surface area contributed by atoms with Crippen molar-refractivity contribution in [2.45, 2.75) is 59.2 Å². The maximum absolute atomic E-state index is 6.05. The molecule has 0 aromatic carbocycles. The van der Waals surface area contributed by atoms with E-state index in [-0.39, 0.29) is 18.3 Å². The molecular formula is C15H24BNO2. The molecule has 1 aromatic heterocycles. The quantitative estimate of drug-likeness (QED) is 0.784. The first-order valence-corrected chi connectivity index (χ1v) is 7.01. The van der Waals surface area contributed by atoms with Crippen LogP contribution in [0.2, 0.25) is 0 Å². The van der Waals surface area contributed by atoms with Crippen molar-refractivity contribution >= 4 is 12.6 Å². The molecule has 0 atom stereocenters. The second-order valence-electron chi connectivity index (χ2n) is 6.81. The number of hydrogen-bond donors (Lipinski definition) is 0. The summed E-state index contributed by atoms with van der Waals surface area (Å²) in [5, 5.41) is 0. The Balaban J connectivity index is 2.20. The zero-order chi connectivity index (χ0) is 14.3. The van der Waals surface area contributed by atoms with Gasteiger partial charge in [0.2, 0.25) is 0 Å². The summed E-state index contributed by atoms with van der Waals surface area (Å²) in [7, 11) is -0.315. The van der Waals surface area contributed by atoms with Gasteiger partial charge in [0.1, 0.15) is 0 Å². The Labute approximate surface area is 116 Å². The first kappa shape index (κ1) is 14.5. The Morgan fingerprint density at radius 3 is 2.21 bits per heavy atom. The second-order valence-corrected chi connectivity index (χ2v) is 6.81. The predicted molar refractivity (Wildman–Crippen MR) is 78.5 cm³/mol. The van der Waals surface area contributed by atoms with Crippen molar-refractivity contribution in [3.05, 3.63) is 24.0 Å². The van der Waals surface area contributed by atoms with Gasteiger partial charge in [-0.3, -0.25) is 4.98 Å². The van der Waals surface area contributed by atoms with Crippen LogP contribution in [0, 0.1) is 5.92 Å². The average molecular weight is 261 g/mol. The van der Waals surface area contributed by atoms with Crippen LogP contribution in [0.15, 0.2) is 18.5 Å². The molecule has 2 heterocycles. The highest BCUT2D eigenvalue weighted by atomic mass is 16.7. The van der Waals surface area contributed by atoms with Crippen molar-refractivity contribution in [2.24, 2.45) is 5.92 Å². The van der Waals surface area contributed by atoms with Crippen LogP contribution in [0.1, 0.15) is 47.1 Å². The van der Waals surface area contributed by atoms with Gasteiger partial charge in [-0.2, -0.15) is 0 Å². The maximum atomic E-state index is 6.05. The Bertz CT molecular complexity index is 441. The van der Waals surface area contributed by atoms with Crippen molar-refractivity contribution in [2.75, 3.05) is 0 Å². The molecule has 1 fully saturated rings. The lowest BCUT2D eigenvalue weighted by Crippen LogP contribution is -2.41. The van der Waals surface area contributed by atoms with E-state index in [1.807, 2.05) is 12.4 Å². The lowest BCUT2D eigenvalue weighted by Gasteiger charge is -2.32. The third-order valence-electron chi connectivity index (χ3n) is 3.99. The molecule has 19 heavy (non-hydrogen) atoms. The number of aromatic nitrogens is 1. The van der Waals surface area contributed by atoms with Gasteiger partial charge in [-0.05, 0) is 45.6 Å². The summed E-state index contributed by atoms with van der Waals surface area (Å²) < 4.78 is 12.1. The van der Waals surface area contributed by atoms with E-state index in [2.05, 4.69) is 52.6 Å². The van der Waals surface area contributed by atoms with Gasteiger partial charge < -0.3 is 9.31 Å². The van der Waals surface area contributed by atoms with E-state index in [0.717, 1.165) is 11.9 Å². The molecule has 1 aliphatic rings. The van der Waals surface area contributed by atoms with Gasteiger partial charge in [0.25, 0.3) is 0 Å². The maximum Gasteiger partial charge on any atom is 0.496 e. The number of rotatable bonds is 3. The minimum Gasteiger partial charge on any atom is -0.399 e. The average Bonchev–Trinajstić information content (AvgIpc) is 2.47. The number of pyridine rings is 1. The van der Waals surface area contributed by atoms with E-state index in [9.17, 15) is 0 Å². The number of nitrogens with zero attached hydrogens (tertiary/aromatic N) is 1. The van der Waals surface area contributed by atoms with Crippen LogP contribution in [0.5, 0.6) is 0 Å². The highest BCUT2D eigenvalue weighted by Crippen LogP contribution is 2.36. The van der Waals surface area contributed by atoms with Crippen LogP contribution >= 0.6 is 0 Å². The second kappa shape index (κ2) is 4.91. The molecule has 1 aliphatic heterocycles. The van der Waals surface area contributed by atoms with Gasteiger partial charge in [-0.15, -0.1) is 0 Å². The van der Waals surface area contributed by atoms with Crippen molar-refractivity contribution in [3.8, 4) is 0 Å². The van der Waals surface area contributed by atoms with Crippen molar-refractivity contribution in [1.82, 2.24) is 4.98 Å². The van der Waals surface area contributed by atoms with E-state index in [1.54, 1.807) is 0 Å². The summed E-state index contributed by atoms with van der Waals surface area (Å²) in [6.07, 6.45) is 4.79. The molecule has 0 unspecified atom stereocenters. The molecule has 0 bridgehead atoms. The van der Waals surface area contributed by atoms with Crippen LogP contribution in [0.25, 0.3) is 0 Å². The third-order valence-corrected chi connectivity index (χ3v) is 3.99. The molecule has 1 aromatic rings. The van der Waals surface area contributed by atoms with Gasteiger partial charge in [0.05, 0.1) is 11.2 Å². The van der Waals surface area contributed by atoms with Crippen molar-refractivity contribution in [1.29, 1.82) is 0 Å². The van der Waals surface area contributed by atoms with E-state index in [4.69, 9.17) is 9.31 Å². The minimum atomic E-state index is -0.315. The molecule has 2 rings (SSSR count).